The Morgan fingerprint density at radius 2 is 1.81 bits per heavy atom. The molecule has 0 atom stereocenters. The molecule has 0 radical (unpaired) electrons. The number of thioether (sulfide) groups is 1. The first-order valence-corrected chi connectivity index (χ1v) is 9.97. The Kier molecular flexibility index (Phi) is 6.65. The molecule has 0 bridgehead atoms. The van der Waals surface area contributed by atoms with Gasteiger partial charge in [-0.2, -0.15) is 0 Å². The van der Waals surface area contributed by atoms with E-state index in [4.69, 9.17) is 4.42 Å². The van der Waals surface area contributed by atoms with Crippen LogP contribution in [0.5, 0.6) is 0 Å². The van der Waals surface area contributed by atoms with E-state index in [1.165, 1.54) is 5.56 Å². The molecule has 0 fully saturated rings. The number of anilines is 1. The SMILES string of the molecule is CC(C)c1ccc(Cc2nnc(NC(=O)CCSc3ccccc3)o2)cc1. The van der Waals surface area contributed by atoms with Crippen molar-refractivity contribution in [2.24, 2.45) is 0 Å². The molecule has 140 valence electrons. The average Bonchev–Trinajstić information content (AvgIpc) is 3.09. The maximum absolute atomic E-state index is 12.0. The molecule has 1 heterocycles. The summed E-state index contributed by atoms with van der Waals surface area (Å²) in [5, 5.41) is 10.6. The Morgan fingerprint density at radius 3 is 2.52 bits per heavy atom. The molecule has 0 saturated heterocycles. The molecular weight excluding hydrogens is 358 g/mol. The van der Waals surface area contributed by atoms with Crippen molar-refractivity contribution in [3.63, 3.8) is 0 Å². The van der Waals surface area contributed by atoms with Gasteiger partial charge in [0.2, 0.25) is 11.8 Å². The summed E-state index contributed by atoms with van der Waals surface area (Å²) in [6.07, 6.45) is 0.930. The Hall–Kier alpha value is -2.60. The van der Waals surface area contributed by atoms with Gasteiger partial charge in [-0.3, -0.25) is 10.1 Å². The Bertz CT molecular complexity index is 861. The predicted molar refractivity (Wildman–Crippen MR) is 108 cm³/mol. The molecule has 0 aliphatic rings. The number of benzene rings is 2. The normalized spacial score (nSPS) is 10.9. The fraction of sp³-hybridized carbons (Fsp3) is 0.286. The second kappa shape index (κ2) is 9.37. The van der Waals surface area contributed by atoms with Crippen molar-refractivity contribution in [1.82, 2.24) is 10.2 Å². The van der Waals surface area contributed by atoms with Crippen LogP contribution >= 0.6 is 11.8 Å². The van der Waals surface area contributed by atoms with Gasteiger partial charge in [0.15, 0.2) is 0 Å². The standard InChI is InChI=1S/C21H23N3O2S/c1-15(2)17-10-8-16(9-11-17)14-20-23-24-21(26-20)22-19(25)12-13-27-18-6-4-3-5-7-18/h3-11,15H,12-14H2,1-2H3,(H,22,24,25). The Balaban J connectivity index is 1.46. The highest BCUT2D eigenvalue weighted by Gasteiger charge is 2.11. The number of hydrogen-bond acceptors (Lipinski definition) is 5. The third kappa shape index (κ3) is 5.96. The fourth-order valence-corrected chi connectivity index (χ4v) is 3.40. The van der Waals surface area contributed by atoms with E-state index in [9.17, 15) is 4.79 Å². The molecule has 5 nitrogen and oxygen atoms in total. The third-order valence-corrected chi connectivity index (χ3v) is 5.07. The summed E-state index contributed by atoms with van der Waals surface area (Å²) in [6.45, 7) is 4.33. The smallest absolute Gasteiger partial charge is 0.322 e. The van der Waals surface area contributed by atoms with Gasteiger partial charge in [-0.1, -0.05) is 61.4 Å². The number of rotatable bonds is 8. The minimum atomic E-state index is -0.130. The van der Waals surface area contributed by atoms with E-state index in [2.05, 4.69) is 53.6 Å². The van der Waals surface area contributed by atoms with Gasteiger partial charge in [-0.05, 0) is 29.2 Å². The van der Waals surface area contributed by atoms with Crippen molar-refractivity contribution in [3.05, 3.63) is 71.6 Å². The van der Waals surface area contributed by atoms with Crippen LogP contribution in [0.2, 0.25) is 0 Å². The van der Waals surface area contributed by atoms with E-state index in [0.717, 1.165) is 10.5 Å². The maximum Gasteiger partial charge on any atom is 0.322 e. The highest BCUT2D eigenvalue weighted by atomic mass is 32.2. The molecule has 0 unspecified atom stereocenters. The van der Waals surface area contributed by atoms with E-state index in [-0.39, 0.29) is 11.9 Å². The zero-order chi connectivity index (χ0) is 19.1. The van der Waals surface area contributed by atoms with Crippen molar-refractivity contribution >= 4 is 23.7 Å². The minimum Gasteiger partial charge on any atom is -0.407 e. The van der Waals surface area contributed by atoms with E-state index in [1.807, 2.05) is 30.3 Å². The van der Waals surface area contributed by atoms with Crippen molar-refractivity contribution in [1.29, 1.82) is 0 Å². The summed E-state index contributed by atoms with van der Waals surface area (Å²) in [5.74, 6) is 1.56. The molecule has 27 heavy (non-hydrogen) atoms. The number of amides is 1. The Labute approximate surface area is 163 Å². The van der Waals surface area contributed by atoms with Gasteiger partial charge >= 0.3 is 6.01 Å². The molecule has 6 heteroatoms. The second-order valence-corrected chi connectivity index (χ2v) is 7.70. The van der Waals surface area contributed by atoms with Crippen molar-refractivity contribution in [2.45, 2.75) is 37.5 Å². The lowest BCUT2D eigenvalue weighted by Crippen LogP contribution is -2.12. The zero-order valence-corrected chi connectivity index (χ0v) is 16.3. The molecule has 0 aliphatic carbocycles. The number of carbonyl (C=O) groups is 1. The topological polar surface area (TPSA) is 68.0 Å². The number of nitrogens with zero attached hydrogens (tertiary/aromatic N) is 2. The van der Waals surface area contributed by atoms with Crippen LogP contribution in [0.1, 0.15) is 43.2 Å². The summed E-state index contributed by atoms with van der Waals surface area (Å²) in [4.78, 5) is 13.2. The lowest BCUT2D eigenvalue weighted by Gasteiger charge is -2.05. The van der Waals surface area contributed by atoms with Crippen LogP contribution in [-0.4, -0.2) is 21.9 Å². The van der Waals surface area contributed by atoms with Gasteiger partial charge in [0.05, 0.1) is 6.42 Å². The zero-order valence-electron chi connectivity index (χ0n) is 15.5. The van der Waals surface area contributed by atoms with Gasteiger partial charge in [-0.15, -0.1) is 16.9 Å². The Morgan fingerprint density at radius 1 is 1.07 bits per heavy atom. The van der Waals surface area contributed by atoms with Gasteiger partial charge < -0.3 is 4.42 Å². The van der Waals surface area contributed by atoms with Crippen LogP contribution in [0.15, 0.2) is 63.9 Å². The van der Waals surface area contributed by atoms with E-state index >= 15 is 0 Å². The second-order valence-electron chi connectivity index (χ2n) is 6.53. The molecule has 1 N–H and O–H groups in total. The number of nitrogens with one attached hydrogen (secondary N) is 1. The van der Waals surface area contributed by atoms with E-state index < -0.39 is 0 Å². The highest BCUT2D eigenvalue weighted by molar-refractivity contribution is 7.99. The summed E-state index contributed by atoms with van der Waals surface area (Å²) in [6, 6.07) is 18.5. The first-order valence-electron chi connectivity index (χ1n) is 8.99. The van der Waals surface area contributed by atoms with Crippen molar-refractivity contribution < 1.29 is 9.21 Å². The summed E-state index contributed by atoms with van der Waals surface area (Å²) >= 11 is 1.64. The van der Waals surface area contributed by atoms with Crippen LogP contribution in [0.3, 0.4) is 0 Å². The lowest BCUT2D eigenvalue weighted by atomic mass is 10.0. The molecule has 1 aromatic heterocycles. The summed E-state index contributed by atoms with van der Waals surface area (Å²) in [7, 11) is 0. The lowest BCUT2D eigenvalue weighted by molar-refractivity contribution is -0.115. The third-order valence-electron chi connectivity index (χ3n) is 4.06. The number of carbonyl (C=O) groups excluding carboxylic acids is 1. The number of hydrogen-bond donors (Lipinski definition) is 1. The quantitative estimate of drug-likeness (QED) is 0.562. The molecule has 3 rings (SSSR count). The van der Waals surface area contributed by atoms with Crippen LogP contribution in [0.25, 0.3) is 0 Å². The van der Waals surface area contributed by atoms with Gasteiger partial charge in [-0.25, -0.2) is 0 Å². The molecule has 1 amide bonds. The molecule has 0 saturated carbocycles. The van der Waals surface area contributed by atoms with Gasteiger partial charge in [0.25, 0.3) is 0 Å². The molecule has 0 spiro atoms. The van der Waals surface area contributed by atoms with Gasteiger partial charge in [0, 0.05) is 17.1 Å². The molecule has 3 aromatic rings. The first kappa shape index (κ1) is 19.2. The van der Waals surface area contributed by atoms with E-state index in [1.54, 1.807) is 11.8 Å². The average molecular weight is 382 g/mol. The van der Waals surface area contributed by atoms with Crippen molar-refractivity contribution in [2.75, 3.05) is 11.1 Å². The van der Waals surface area contributed by atoms with Crippen LogP contribution in [0, 0.1) is 0 Å². The summed E-state index contributed by atoms with van der Waals surface area (Å²) in [5.41, 5.74) is 2.39. The molecular formula is C21H23N3O2S. The van der Waals surface area contributed by atoms with Crippen LogP contribution < -0.4 is 5.32 Å². The summed E-state index contributed by atoms with van der Waals surface area (Å²) < 4.78 is 5.54. The predicted octanol–water partition coefficient (Wildman–Crippen LogP) is 4.90. The van der Waals surface area contributed by atoms with Crippen LogP contribution in [0.4, 0.5) is 6.01 Å². The molecule has 0 aliphatic heterocycles. The van der Waals surface area contributed by atoms with Crippen molar-refractivity contribution in [3.8, 4) is 0 Å². The highest BCUT2D eigenvalue weighted by Crippen LogP contribution is 2.19. The minimum absolute atomic E-state index is 0.130. The monoisotopic (exact) mass is 381 g/mol. The van der Waals surface area contributed by atoms with E-state index in [0.29, 0.717) is 30.4 Å². The van der Waals surface area contributed by atoms with Crippen LogP contribution in [-0.2, 0) is 11.2 Å². The molecule has 2 aromatic carbocycles. The number of aromatic nitrogens is 2. The fourth-order valence-electron chi connectivity index (χ4n) is 2.53. The van der Waals surface area contributed by atoms with Gasteiger partial charge in [0.1, 0.15) is 0 Å². The maximum atomic E-state index is 12.0. The largest absolute Gasteiger partial charge is 0.407 e. The first-order chi connectivity index (χ1) is 13.1.